The van der Waals surface area contributed by atoms with Crippen molar-refractivity contribution in [3.8, 4) is 34.3 Å². The van der Waals surface area contributed by atoms with Crippen molar-refractivity contribution in [2.45, 2.75) is 38.3 Å². The molecule has 7 nitrogen and oxygen atoms in total. The lowest BCUT2D eigenvalue weighted by Gasteiger charge is -2.28. The SMILES string of the molecule is COc1ccc(-c2cc([C@@H]3CCCCCN3Cc3cc(OC)c(O)c(OC)c3)no2)cc1. The second-order valence-corrected chi connectivity index (χ2v) is 8.03. The van der Waals surface area contributed by atoms with Gasteiger partial charge in [-0.3, -0.25) is 4.90 Å². The topological polar surface area (TPSA) is 77.2 Å². The third-order valence-electron chi connectivity index (χ3n) is 6.03. The fraction of sp³-hybridized carbons (Fsp3) is 0.400. The number of likely N-dealkylation sites (tertiary alicyclic amines) is 1. The van der Waals surface area contributed by atoms with Gasteiger partial charge in [0, 0.05) is 18.2 Å². The molecule has 0 aliphatic carbocycles. The molecular weight excluding hydrogens is 408 g/mol. The van der Waals surface area contributed by atoms with Crippen molar-refractivity contribution in [1.82, 2.24) is 10.1 Å². The molecule has 1 aliphatic rings. The highest BCUT2D eigenvalue weighted by Gasteiger charge is 2.27. The number of benzene rings is 2. The fourth-order valence-electron chi connectivity index (χ4n) is 4.30. The summed E-state index contributed by atoms with van der Waals surface area (Å²) < 4.78 is 21.6. The summed E-state index contributed by atoms with van der Waals surface area (Å²) in [6, 6.07) is 13.7. The first-order valence-corrected chi connectivity index (χ1v) is 10.9. The molecule has 7 heteroatoms. The average molecular weight is 439 g/mol. The van der Waals surface area contributed by atoms with Crippen molar-refractivity contribution in [3.63, 3.8) is 0 Å². The van der Waals surface area contributed by atoms with Gasteiger partial charge in [-0.25, -0.2) is 0 Å². The standard InChI is InChI=1S/C25H30N2O5/c1-29-19-10-8-18(9-11-19)22-15-20(26-32-22)21-7-5-4-6-12-27(21)16-17-13-23(30-2)25(28)24(14-17)31-3/h8-11,13-15,21,28H,4-7,12,16H2,1-3H3/t21-/m0/s1. The molecular formula is C25H30N2O5. The molecule has 170 valence electrons. The van der Waals surface area contributed by atoms with Gasteiger partial charge in [0.1, 0.15) is 11.4 Å². The van der Waals surface area contributed by atoms with Gasteiger partial charge in [-0.15, -0.1) is 0 Å². The summed E-state index contributed by atoms with van der Waals surface area (Å²) in [5, 5.41) is 14.7. The molecule has 2 heterocycles. The zero-order valence-electron chi connectivity index (χ0n) is 18.8. The molecule has 0 unspecified atom stereocenters. The van der Waals surface area contributed by atoms with Gasteiger partial charge in [-0.05, 0) is 61.3 Å². The molecule has 1 saturated heterocycles. The number of aromatic hydroxyl groups is 1. The second kappa shape index (κ2) is 9.96. The van der Waals surface area contributed by atoms with Crippen molar-refractivity contribution in [2.75, 3.05) is 27.9 Å². The molecule has 1 fully saturated rings. The van der Waals surface area contributed by atoms with Gasteiger partial charge in [0.15, 0.2) is 17.3 Å². The van der Waals surface area contributed by atoms with Crippen LogP contribution in [0, 0.1) is 0 Å². The first-order valence-electron chi connectivity index (χ1n) is 10.9. The van der Waals surface area contributed by atoms with E-state index in [9.17, 15) is 5.11 Å². The maximum Gasteiger partial charge on any atom is 0.200 e. The van der Waals surface area contributed by atoms with Crippen LogP contribution in [0.2, 0.25) is 0 Å². The van der Waals surface area contributed by atoms with Crippen LogP contribution >= 0.6 is 0 Å². The van der Waals surface area contributed by atoms with Crippen LogP contribution in [0.4, 0.5) is 0 Å². The van der Waals surface area contributed by atoms with Crippen LogP contribution < -0.4 is 14.2 Å². The van der Waals surface area contributed by atoms with E-state index in [1.54, 1.807) is 21.3 Å². The highest BCUT2D eigenvalue weighted by Crippen LogP contribution is 2.39. The Morgan fingerprint density at radius 3 is 2.34 bits per heavy atom. The van der Waals surface area contributed by atoms with Gasteiger partial charge < -0.3 is 23.8 Å². The summed E-state index contributed by atoms with van der Waals surface area (Å²) in [4.78, 5) is 2.42. The molecule has 0 radical (unpaired) electrons. The Hall–Kier alpha value is -3.19. The lowest BCUT2D eigenvalue weighted by Crippen LogP contribution is -2.28. The molecule has 32 heavy (non-hydrogen) atoms. The van der Waals surface area contributed by atoms with E-state index in [-0.39, 0.29) is 11.8 Å². The fourth-order valence-corrected chi connectivity index (χ4v) is 4.30. The van der Waals surface area contributed by atoms with E-state index in [0.717, 1.165) is 54.1 Å². The molecule has 0 spiro atoms. The molecule has 2 aromatic carbocycles. The van der Waals surface area contributed by atoms with E-state index >= 15 is 0 Å². The Labute approximate surface area is 188 Å². The summed E-state index contributed by atoms with van der Waals surface area (Å²) in [6.45, 7) is 1.66. The molecule has 1 aliphatic heterocycles. The molecule has 1 aromatic heterocycles. The predicted molar refractivity (Wildman–Crippen MR) is 121 cm³/mol. The van der Waals surface area contributed by atoms with Crippen molar-refractivity contribution >= 4 is 0 Å². The number of nitrogens with zero attached hydrogens (tertiary/aromatic N) is 2. The number of hydrogen-bond donors (Lipinski definition) is 1. The summed E-state index contributed by atoms with van der Waals surface area (Å²) in [5.41, 5.74) is 2.93. The van der Waals surface area contributed by atoms with Crippen LogP contribution in [0.1, 0.15) is 43.0 Å². The first kappa shape index (κ1) is 22.0. The van der Waals surface area contributed by atoms with E-state index < -0.39 is 0 Å². The van der Waals surface area contributed by atoms with Crippen LogP contribution in [0.15, 0.2) is 47.0 Å². The number of rotatable bonds is 7. The van der Waals surface area contributed by atoms with Gasteiger partial charge in [0.05, 0.1) is 27.4 Å². The summed E-state index contributed by atoms with van der Waals surface area (Å²) in [6.07, 6.45) is 4.49. The highest BCUT2D eigenvalue weighted by atomic mass is 16.5. The number of ether oxygens (including phenoxy) is 3. The number of hydrogen-bond acceptors (Lipinski definition) is 7. The van der Waals surface area contributed by atoms with E-state index in [1.165, 1.54) is 6.42 Å². The van der Waals surface area contributed by atoms with Gasteiger partial charge in [0.2, 0.25) is 5.75 Å². The van der Waals surface area contributed by atoms with Crippen molar-refractivity contribution in [1.29, 1.82) is 0 Å². The minimum Gasteiger partial charge on any atom is -0.502 e. The third-order valence-corrected chi connectivity index (χ3v) is 6.03. The van der Waals surface area contributed by atoms with E-state index in [0.29, 0.717) is 18.0 Å². The number of phenols is 1. The third kappa shape index (κ3) is 4.67. The molecule has 0 bridgehead atoms. The van der Waals surface area contributed by atoms with Crippen LogP contribution in [0.3, 0.4) is 0 Å². The normalized spacial score (nSPS) is 17.0. The van der Waals surface area contributed by atoms with Crippen LogP contribution in [0.25, 0.3) is 11.3 Å². The van der Waals surface area contributed by atoms with Crippen molar-refractivity contribution in [3.05, 3.63) is 53.7 Å². The predicted octanol–water partition coefficient (Wildman–Crippen LogP) is 5.19. The smallest absolute Gasteiger partial charge is 0.200 e. The number of aromatic nitrogens is 1. The Kier molecular flexibility index (Phi) is 6.85. The Balaban J connectivity index is 1.59. The monoisotopic (exact) mass is 438 g/mol. The summed E-state index contributed by atoms with van der Waals surface area (Å²) in [7, 11) is 4.74. The van der Waals surface area contributed by atoms with Crippen LogP contribution in [-0.2, 0) is 6.54 Å². The minimum absolute atomic E-state index is 0.0202. The van der Waals surface area contributed by atoms with Gasteiger partial charge in [-0.2, -0.15) is 0 Å². The maximum atomic E-state index is 10.2. The molecule has 4 rings (SSSR count). The van der Waals surface area contributed by atoms with E-state index in [1.807, 2.05) is 42.5 Å². The number of methoxy groups -OCH3 is 3. The maximum absolute atomic E-state index is 10.2. The average Bonchev–Trinajstić information content (AvgIpc) is 3.20. The van der Waals surface area contributed by atoms with Crippen molar-refractivity contribution < 1.29 is 23.8 Å². The molecule has 0 saturated carbocycles. The van der Waals surface area contributed by atoms with Crippen LogP contribution in [0.5, 0.6) is 23.0 Å². The Morgan fingerprint density at radius 1 is 0.969 bits per heavy atom. The highest BCUT2D eigenvalue weighted by molar-refractivity contribution is 5.58. The molecule has 0 amide bonds. The zero-order chi connectivity index (χ0) is 22.5. The molecule has 1 atom stereocenters. The van der Waals surface area contributed by atoms with Gasteiger partial charge in [0.25, 0.3) is 0 Å². The largest absolute Gasteiger partial charge is 0.502 e. The van der Waals surface area contributed by atoms with E-state index in [4.69, 9.17) is 18.7 Å². The molecule has 1 N–H and O–H groups in total. The molecule has 3 aromatic rings. The zero-order valence-corrected chi connectivity index (χ0v) is 18.8. The van der Waals surface area contributed by atoms with Crippen LogP contribution in [-0.4, -0.2) is 43.0 Å². The van der Waals surface area contributed by atoms with Gasteiger partial charge in [-0.1, -0.05) is 18.0 Å². The lowest BCUT2D eigenvalue weighted by atomic mass is 10.0. The summed E-state index contributed by atoms with van der Waals surface area (Å²) >= 11 is 0. The van der Waals surface area contributed by atoms with E-state index in [2.05, 4.69) is 10.1 Å². The van der Waals surface area contributed by atoms with Crippen molar-refractivity contribution in [2.24, 2.45) is 0 Å². The first-order chi connectivity index (χ1) is 15.6. The minimum atomic E-state index is 0.0202. The lowest BCUT2D eigenvalue weighted by molar-refractivity contribution is 0.183. The Bertz CT molecular complexity index is 1010. The van der Waals surface area contributed by atoms with Gasteiger partial charge >= 0.3 is 0 Å². The number of phenolic OH excluding ortho intramolecular Hbond substituents is 1. The summed E-state index contributed by atoms with van der Waals surface area (Å²) in [5.74, 6) is 2.40. The Morgan fingerprint density at radius 2 is 1.69 bits per heavy atom. The quantitative estimate of drug-likeness (QED) is 0.544. The second-order valence-electron chi connectivity index (χ2n) is 8.03.